The van der Waals surface area contributed by atoms with Crippen LogP contribution in [0.1, 0.15) is 39.5 Å². The van der Waals surface area contributed by atoms with E-state index in [4.69, 9.17) is 0 Å². The maximum Gasteiger partial charge on any atom is 0.128 e. The number of pyridine rings is 1. The van der Waals surface area contributed by atoms with Gasteiger partial charge in [-0.25, -0.2) is 4.98 Å². The first-order valence-corrected chi connectivity index (χ1v) is 7.70. The van der Waals surface area contributed by atoms with Crippen molar-refractivity contribution in [1.82, 2.24) is 4.98 Å². The average molecular weight is 259 g/mol. The zero-order chi connectivity index (χ0) is 13.2. The van der Waals surface area contributed by atoms with Crippen molar-refractivity contribution in [2.75, 3.05) is 23.3 Å². The van der Waals surface area contributed by atoms with Crippen LogP contribution >= 0.6 is 0 Å². The Kier molecular flexibility index (Phi) is 3.63. The van der Waals surface area contributed by atoms with Crippen molar-refractivity contribution >= 4 is 11.5 Å². The minimum atomic E-state index is 0.659. The van der Waals surface area contributed by atoms with E-state index in [2.05, 4.69) is 41.2 Å². The van der Waals surface area contributed by atoms with Gasteiger partial charge in [-0.15, -0.1) is 0 Å². The van der Waals surface area contributed by atoms with Gasteiger partial charge in [0.05, 0.1) is 11.9 Å². The Bertz CT molecular complexity index is 401. The largest absolute Gasteiger partial charge is 0.381 e. The molecule has 1 saturated heterocycles. The fourth-order valence-electron chi connectivity index (χ4n) is 3.16. The highest BCUT2D eigenvalue weighted by Crippen LogP contribution is 2.35. The molecule has 0 atom stereocenters. The van der Waals surface area contributed by atoms with Crippen LogP contribution < -0.4 is 10.2 Å². The number of nitrogens with zero attached hydrogens (tertiary/aromatic N) is 2. The summed E-state index contributed by atoms with van der Waals surface area (Å²) in [5.41, 5.74) is 1.18. The summed E-state index contributed by atoms with van der Waals surface area (Å²) >= 11 is 0. The summed E-state index contributed by atoms with van der Waals surface area (Å²) < 4.78 is 0. The standard InChI is InChI=1S/C16H25N3/c1-12(2)13-9-15(10-13)18-14-5-6-16(17-11-14)19-7-3-4-8-19/h5-6,11-13,15,18H,3-4,7-10H2,1-2H3. The molecule has 1 aliphatic heterocycles. The number of rotatable bonds is 4. The Morgan fingerprint density at radius 1 is 1.21 bits per heavy atom. The lowest BCUT2D eigenvalue weighted by atomic mass is 9.73. The second-order valence-corrected chi connectivity index (χ2v) is 6.42. The summed E-state index contributed by atoms with van der Waals surface area (Å²) in [7, 11) is 0. The second-order valence-electron chi connectivity index (χ2n) is 6.42. The molecule has 2 fully saturated rings. The Labute approximate surface area is 116 Å². The summed E-state index contributed by atoms with van der Waals surface area (Å²) in [5.74, 6) is 2.87. The molecular formula is C16H25N3. The van der Waals surface area contributed by atoms with E-state index in [1.165, 1.54) is 44.5 Å². The monoisotopic (exact) mass is 259 g/mol. The molecule has 104 valence electrons. The van der Waals surface area contributed by atoms with Gasteiger partial charge in [0.1, 0.15) is 5.82 Å². The van der Waals surface area contributed by atoms with Gasteiger partial charge in [-0.1, -0.05) is 13.8 Å². The zero-order valence-electron chi connectivity index (χ0n) is 12.1. The highest BCUT2D eigenvalue weighted by Gasteiger charge is 2.30. The average Bonchev–Trinajstić information content (AvgIpc) is 2.87. The zero-order valence-corrected chi connectivity index (χ0v) is 12.1. The van der Waals surface area contributed by atoms with E-state index in [9.17, 15) is 0 Å². The lowest BCUT2D eigenvalue weighted by Gasteiger charge is -2.39. The molecule has 1 saturated carbocycles. The summed E-state index contributed by atoms with van der Waals surface area (Å²) in [4.78, 5) is 6.97. The van der Waals surface area contributed by atoms with E-state index in [0.717, 1.165) is 17.7 Å². The van der Waals surface area contributed by atoms with E-state index in [0.29, 0.717) is 6.04 Å². The molecule has 1 aromatic rings. The van der Waals surface area contributed by atoms with Crippen molar-refractivity contribution in [1.29, 1.82) is 0 Å². The van der Waals surface area contributed by atoms with Crippen LogP contribution in [0.15, 0.2) is 18.3 Å². The van der Waals surface area contributed by atoms with Crippen LogP contribution in [0.4, 0.5) is 11.5 Å². The minimum absolute atomic E-state index is 0.659. The number of hydrogen-bond acceptors (Lipinski definition) is 3. The first kappa shape index (κ1) is 12.8. The van der Waals surface area contributed by atoms with Gasteiger partial charge in [0.25, 0.3) is 0 Å². The van der Waals surface area contributed by atoms with Gasteiger partial charge < -0.3 is 10.2 Å². The predicted molar refractivity (Wildman–Crippen MR) is 80.7 cm³/mol. The number of aromatic nitrogens is 1. The van der Waals surface area contributed by atoms with Crippen LogP contribution in [-0.2, 0) is 0 Å². The highest BCUT2D eigenvalue weighted by molar-refractivity contribution is 5.49. The highest BCUT2D eigenvalue weighted by atomic mass is 15.2. The molecule has 0 radical (unpaired) electrons. The van der Waals surface area contributed by atoms with Gasteiger partial charge in [-0.2, -0.15) is 0 Å². The minimum Gasteiger partial charge on any atom is -0.381 e. The molecule has 0 spiro atoms. The molecule has 3 rings (SSSR count). The first-order valence-electron chi connectivity index (χ1n) is 7.70. The van der Waals surface area contributed by atoms with Crippen LogP contribution in [-0.4, -0.2) is 24.1 Å². The molecule has 2 heterocycles. The van der Waals surface area contributed by atoms with Gasteiger partial charge in [0, 0.05) is 19.1 Å². The summed E-state index contributed by atoms with van der Waals surface area (Å²) in [6.07, 6.45) is 7.23. The molecule has 3 nitrogen and oxygen atoms in total. The van der Waals surface area contributed by atoms with Gasteiger partial charge in [0.2, 0.25) is 0 Å². The van der Waals surface area contributed by atoms with Crippen LogP contribution in [0.2, 0.25) is 0 Å². The smallest absolute Gasteiger partial charge is 0.128 e. The number of anilines is 2. The second kappa shape index (κ2) is 5.40. The third-order valence-electron chi connectivity index (χ3n) is 4.67. The van der Waals surface area contributed by atoms with Crippen LogP contribution in [0, 0.1) is 11.8 Å². The third-order valence-corrected chi connectivity index (χ3v) is 4.67. The SMILES string of the molecule is CC(C)C1CC(Nc2ccc(N3CCCC3)nc2)C1. The van der Waals surface area contributed by atoms with Crippen molar-refractivity contribution in [3.05, 3.63) is 18.3 Å². The Morgan fingerprint density at radius 3 is 2.53 bits per heavy atom. The molecule has 0 amide bonds. The van der Waals surface area contributed by atoms with E-state index >= 15 is 0 Å². The van der Waals surface area contributed by atoms with E-state index in [-0.39, 0.29) is 0 Å². The van der Waals surface area contributed by atoms with Gasteiger partial charge in [0.15, 0.2) is 0 Å². The topological polar surface area (TPSA) is 28.2 Å². The van der Waals surface area contributed by atoms with Gasteiger partial charge >= 0.3 is 0 Å². The summed E-state index contributed by atoms with van der Waals surface area (Å²) in [5, 5.41) is 3.60. The molecule has 1 aliphatic carbocycles. The summed E-state index contributed by atoms with van der Waals surface area (Å²) in [6.45, 7) is 6.98. The Hall–Kier alpha value is -1.25. The van der Waals surface area contributed by atoms with Crippen molar-refractivity contribution in [2.45, 2.75) is 45.6 Å². The Morgan fingerprint density at radius 2 is 1.95 bits per heavy atom. The number of nitrogens with one attached hydrogen (secondary N) is 1. The molecule has 2 aliphatic rings. The van der Waals surface area contributed by atoms with Crippen LogP contribution in [0.3, 0.4) is 0 Å². The van der Waals surface area contributed by atoms with E-state index in [1.54, 1.807) is 0 Å². The quantitative estimate of drug-likeness (QED) is 0.896. The van der Waals surface area contributed by atoms with E-state index in [1.807, 2.05) is 6.20 Å². The molecule has 0 bridgehead atoms. The lowest BCUT2D eigenvalue weighted by molar-refractivity contribution is 0.212. The van der Waals surface area contributed by atoms with Gasteiger partial charge in [-0.3, -0.25) is 0 Å². The lowest BCUT2D eigenvalue weighted by Crippen LogP contribution is -2.37. The fourth-order valence-corrected chi connectivity index (χ4v) is 3.16. The van der Waals surface area contributed by atoms with Crippen LogP contribution in [0.25, 0.3) is 0 Å². The molecule has 0 aromatic carbocycles. The van der Waals surface area contributed by atoms with Crippen molar-refractivity contribution < 1.29 is 0 Å². The van der Waals surface area contributed by atoms with E-state index < -0.39 is 0 Å². The normalized spacial score (nSPS) is 26.6. The molecule has 19 heavy (non-hydrogen) atoms. The number of hydrogen-bond donors (Lipinski definition) is 1. The Balaban J connectivity index is 1.52. The first-order chi connectivity index (χ1) is 9.22. The fraction of sp³-hybridized carbons (Fsp3) is 0.688. The molecule has 0 unspecified atom stereocenters. The maximum absolute atomic E-state index is 4.59. The predicted octanol–water partition coefficient (Wildman–Crippen LogP) is 3.53. The van der Waals surface area contributed by atoms with Crippen LogP contribution in [0.5, 0.6) is 0 Å². The van der Waals surface area contributed by atoms with Crippen molar-refractivity contribution in [2.24, 2.45) is 11.8 Å². The van der Waals surface area contributed by atoms with Crippen molar-refractivity contribution in [3.8, 4) is 0 Å². The molecule has 1 N–H and O–H groups in total. The molecule has 3 heteroatoms. The van der Waals surface area contributed by atoms with Crippen molar-refractivity contribution in [3.63, 3.8) is 0 Å². The molecule has 1 aromatic heterocycles. The summed E-state index contributed by atoms with van der Waals surface area (Å²) in [6, 6.07) is 5.00. The van der Waals surface area contributed by atoms with Gasteiger partial charge in [-0.05, 0) is 49.7 Å². The third kappa shape index (κ3) is 2.85. The maximum atomic E-state index is 4.59. The molecular weight excluding hydrogens is 234 g/mol.